The van der Waals surface area contributed by atoms with Crippen LogP contribution >= 0.6 is 0 Å². The average Bonchev–Trinajstić information content (AvgIpc) is 3.07. The lowest BCUT2D eigenvalue weighted by Crippen LogP contribution is -2.23. The molecular formula is C20H18F3NO5S. The number of furan rings is 1. The van der Waals surface area contributed by atoms with Crippen LogP contribution in [0.15, 0.2) is 45.9 Å². The van der Waals surface area contributed by atoms with E-state index in [0.29, 0.717) is 11.1 Å². The largest absolute Gasteiger partial charge is 0.501 e. The summed E-state index contributed by atoms with van der Waals surface area (Å²) < 4.78 is 72.4. The maximum atomic E-state index is 12.8. The van der Waals surface area contributed by atoms with Gasteiger partial charge in [-0.3, -0.25) is 4.79 Å². The van der Waals surface area contributed by atoms with Crippen molar-refractivity contribution in [2.45, 2.75) is 30.7 Å². The minimum atomic E-state index is -5.57. The molecule has 3 aromatic rings. The fourth-order valence-electron chi connectivity index (χ4n) is 2.98. The number of fused-ring (bicyclic) bond motifs is 1. The molecule has 0 spiro atoms. The molecule has 1 amide bonds. The highest BCUT2D eigenvalue weighted by Gasteiger charge is 2.47. The Bertz CT molecular complexity index is 1230. The molecule has 30 heavy (non-hydrogen) atoms. The molecule has 0 aliphatic heterocycles. The Morgan fingerprint density at radius 2 is 1.87 bits per heavy atom. The number of rotatable bonds is 5. The molecule has 0 atom stereocenters. The second kappa shape index (κ2) is 7.67. The molecule has 2 aromatic carbocycles. The first-order valence-electron chi connectivity index (χ1n) is 8.71. The van der Waals surface area contributed by atoms with E-state index in [1.807, 2.05) is 26.0 Å². The van der Waals surface area contributed by atoms with Crippen LogP contribution in [0.2, 0.25) is 0 Å². The van der Waals surface area contributed by atoms with Crippen LogP contribution in [0.25, 0.3) is 11.0 Å². The van der Waals surface area contributed by atoms with Gasteiger partial charge in [-0.2, -0.15) is 13.2 Å². The van der Waals surface area contributed by atoms with Gasteiger partial charge in [0.05, 0.1) is 30.4 Å². The van der Waals surface area contributed by atoms with Gasteiger partial charge in [0.2, 0.25) is 5.91 Å². The van der Waals surface area contributed by atoms with Crippen molar-refractivity contribution < 1.29 is 35.5 Å². The highest BCUT2D eigenvalue weighted by Crippen LogP contribution is 2.35. The standard InChI is InChI=1S/C20H18F3NO5S/c1-11-4-6-15-13(10-29-19(15)12(11)2)8-18(25)24-16-9-14(5-7-17(16)28-3)30(26,27)20(21,22)23/h4-7,9-10H,8H2,1-3H3,(H,24,25). The summed E-state index contributed by atoms with van der Waals surface area (Å²) in [7, 11) is -4.32. The monoisotopic (exact) mass is 441 g/mol. The molecule has 3 rings (SSSR count). The Balaban J connectivity index is 1.90. The number of anilines is 1. The summed E-state index contributed by atoms with van der Waals surface area (Å²) in [5.41, 5.74) is -2.45. The summed E-state index contributed by atoms with van der Waals surface area (Å²) in [6.07, 6.45) is 1.31. The predicted octanol–water partition coefficient (Wildman–Crippen LogP) is 4.53. The third kappa shape index (κ3) is 3.87. The number of nitrogens with one attached hydrogen (secondary N) is 1. The minimum Gasteiger partial charge on any atom is -0.495 e. The van der Waals surface area contributed by atoms with Crippen LogP contribution in [0, 0.1) is 13.8 Å². The van der Waals surface area contributed by atoms with E-state index in [-0.39, 0.29) is 17.9 Å². The topological polar surface area (TPSA) is 85.6 Å². The van der Waals surface area contributed by atoms with Gasteiger partial charge in [-0.05, 0) is 43.2 Å². The van der Waals surface area contributed by atoms with Crippen molar-refractivity contribution in [3.8, 4) is 5.75 Å². The molecule has 0 unspecified atom stereocenters. The first-order chi connectivity index (χ1) is 14.0. The number of alkyl halides is 3. The van der Waals surface area contributed by atoms with Gasteiger partial charge >= 0.3 is 5.51 Å². The number of hydrogen-bond acceptors (Lipinski definition) is 5. The Kier molecular flexibility index (Phi) is 5.55. The number of carbonyl (C=O) groups is 1. The van der Waals surface area contributed by atoms with Gasteiger partial charge in [-0.25, -0.2) is 8.42 Å². The number of amides is 1. The number of sulfone groups is 1. The molecule has 1 N–H and O–H groups in total. The fourth-order valence-corrected chi connectivity index (χ4v) is 3.77. The molecule has 10 heteroatoms. The lowest BCUT2D eigenvalue weighted by atomic mass is 10.0. The average molecular weight is 441 g/mol. The van der Waals surface area contributed by atoms with Gasteiger partial charge in [0.15, 0.2) is 0 Å². The summed E-state index contributed by atoms with van der Waals surface area (Å²) in [6.45, 7) is 3.82. The van der Waals surface area contributed by atoms with Crippen LogP contribution < -0.4 is 10.1 Å². The lowest BCUT2D eigenvalue weighted by Gasteiger charge is -2.13. The highest BCUT2D eigenvalue weighted by molar-refractivity contribution is 7.92. The zero-order chi connectivity index (χ0) is 22.3. The van der Waals surface area contributed by atoms with Crippen LogP contribution in [0.1, 0.15) is 16.7 Å². The van der Waals surface area contributed by atoms with E-state index >= 15 is 0 Å². The Morgan fingerprint density at radius 1 is 1.17 bits per heavy atom. The van der Waals surface area contributed by atoms with E-state index < -0.39 is 26.1 Å². The zero-order valence-electron chi connectivity index (χ0n) is 16.3. The molecule has 0 bridgehead atoms. The van der Waals surface area contributed by atoms with Crippen molar-refractivity contribution in [2.24, 2.45) is 0 Å². The normalized spacial score (nSPS) is 12.2. The summed E-state index contributed by atoms with van der Waals surface area (Å²) in [6, 6.07) is 6.25. The fraction of sp³-hybridized carbons (Fsp3) is 0.250. The molecule has 0 radical (unpaired) electrons. The number of hydrogen-bond donors (Lipinski definition) is 1. The van der Waals surface area contributed by atoms with E-state index in [1.54, 1.807) is 0 Å². The molecule has 0 aliphatic rings. The second-order valence-corrected chi connectivity index (χ2v) is 8.62. The first kappa shape index (κ1) is 21.7. The molecule has 1 aromatic heterocycles. The Hall–Kier alpha value is -3.01. The third-order valence-corrected chi connectivity index (χ3v) is 6.24. The molecule has 1 heterocycles. The SMILES string of the molecule is COc1ccc(S(=O)(=O)C(F)(F)F)cc1NC(=O)Cc1coc2c(C)c(C)ccc12. The van der Waals surface area contributed by atoms with E-state index in [0.717, 1.165) is 34.7 Å². The predicted molar refractivity (Wildman–Crippen MR) is 104 cm³/mol. The van der Waals surface area contributed by atoms with E-state index in [9.17, 15) is 26.4 Å². The quantitative estimate of drug-likeness (QED) is 0.629. The first-order valence-corrected chi connectivity index (χ1v) is 10.2. The zero-order valence-corrected chi connectivity index (χ0v) is 17.1. The molecular weight excluding hydrogens is 423 g/mol. The molecule has 0 fully saturated rings. The van der Waals surface area contributed by atoms with Gasteiger partial charge < -0.3 is 14.5 Å². The van der Waals surface area contributed by atoms with Crippen LogP contribution in [-0.4, -0.2) is 26.9 Å². The number of benzene rings is 2. The van der Waals surface area contributed by atoms with Crippen molar-refractivity contribution in [1.82, 2.24) is 0 Å². The number of carbonyl (C=O) groups excluding carboxylic acids is 1. The number of aryl methyl sites for hydroxylation is 2. The van der Waals surface area contributed by atoms with Gasteiger partial charge in [0, 0.05) is 10.9 Å². The highest BCUT2D eigenvalue weighted by atomic mass is 32.2. The van der Waals surface area contributed by atoms with Crippen LogP contribution in [0.3, 0.4) is 0 Å². The summed E-state index contributed by atoms with van der Waals surface area (Å²) in [5.74, 6) is -0.552. The summed E-state index contributed by atoms with van der Waals surface area (Å²) in [5, 5.41) is 3.16. The molecule has 0 saturated heterocycles. The minimum absolute atomic E-state index is 0.0213. The Morgan fingerprint density at radius 3 is 2.50 bits per heavy atom. The van der Waals surface area contributed by atoms with Crippen molar-refractivity contribution in [1.29, 1.82) is 0 Å². The van der Waals surface area contributed by atoms with Crippen LogP contribution in [0.5, 0.6) is 5.75 Å². The second-order valence-electron chi connectivity index (χ2n) is 6.68. The van der Waals surface area contributed by atoms with E-state index in [2.05, 4.69) is 5.32 Å². The summed E-state index contributed by atoms with van der Waals surface area (Å²) >= 11 is 0. The maximum Gasteiger partial charge on any atom is 0.501 e. The molecule has 6 nitrogen and oxygen atoms in total. The lowest BCUT2D eigenvalue weighted by molar-refractivity contribution is -0.115. The van der Waals surface area contributed by atoms with Gasteiger partial charge in [0.1, 0.15) is 11.3 Å². The Labute approximate surface area is 170 Å². The van der Waals surface area contributed by atoms with Gasteiger partial charge in [-0.1, -0.05) is 12.1 Å². The van der Waals surface area contributed by atoms with Crippen molar-refractivity contribution in [3.63, 3.8) is 0 Å². The smallest absolute Gasteiger partial charge is 0.495 e. The van der Waals surface area contributed by atoms with Crippen LogP contribution in [-0.2, 0) is 21.1 Å². The molecule has 0 aliphatic carbocycles. The van der Waals surface area contributed by atoms with Crippen molar-refractivity contribution in [2.75, 3.05) is 12.4 Å². The number of methoxy groups -OCH3 is 1. The van der Waals surface area contributed by atoms with Gasteiger partial charge in [-0.15, -0.1) is 0 Å². The molecule has 160 valence electrons. The van der Waals surface area contributed by atoms with E-state index in [4.69, 9.17) is 9.15 Å². The van der Waals surface area contributed by atoms with E-state index in [1.165, 1.54) is 13.4 Å². The van der Waals surface area contributed by atoms with Crippen LogP contribution in [0.4, 0.5) is 18.9 Å². The van der Waals surface area contributed by atoms with Gasteiger partial charge in [0.25, 0.3) is 9.84 Å². The number of halogens is 3. The molecule has 0 saturated carbocycles. The van der Waals surface area contributed by atoms with Crippen molar-refractivity contribution >= 4 is 32.4 Å². The summed E-state index contributed by atoms with van der Waals surface area (Å²) in [4.78, 5) is 11.5. The maximum absolute atomic E-state index is 12.8. The number of ether oxygens (including phenoxy) is 1. The van der Waals surface area contributed by atoms with Crippen molar-refractivity contribution in [3.05, 3.63) is 53.3 Å². The third-order valence-electron chi connectivity index (χ3n) is 4.75.